The van der Waals surface area contributed by atoms with Crippen molar-refractivity contribution in [1.82, 2.24) is 0 Å². The molecule has 0 aliphatic rings. The highest BCUT2D eigenvalue weighted by Gasteiger charge is 2.09. The summed E-state index contributed by atoms with van der Waals surface area (Å²) in [5.41, 5.74) is 3.56. The topological polar surface area (TPSA) is 51.5 Å². The SMILES string of the molecule is COc1cc(Cl)cc2cc(/C=C/C(=O)Nc3cc(C)cc(C)c3)oc12. The second kappa shape index (κ2) is 7.03. The lowest BCUT2D eigenvalue weighted by Gasteiger charge is -2.05. The van der Waals surface area contributed by atoms with Crippen LogP contribution in [0.2, 0.25) is 5.02 Å². The molecule has 2 aromatic carbocycles. The number of hydrogen-bond acceptors (Lipinski definition) is 3. The minimum absolute atomic E-state index is 0.226. The van der Waals surface area contributed by atoms with Crippen molar-refractivity contribution >= 4 is 40.2 Å². The minimum Gasteiger partial charge on any atom is -0.493 e. The molecule has 0 unspecified atom stereocenters. The number of halogens is 1. The van der Waals surface area contributed by atoms with Gasteiger partial charge < -0.3 is 14.5 Å². The Morgan fingerprint density at radius 1 is 1.12 bits per heavy atom. The van der Waals surface area contributed by atoms with Gasteiger partial charge in [-0.1, -0.05) is 17.7 Å². The molecule has 5 heteroatoms. The monoisotopic (exact) mass is 355 g/mol. The molecule has 1 aromatic heterocycles. The van der Waals surface area contributed by atoms with Crippen LogP contribution in [0.5, 0.6) is 5.75 Å². The second-order valence-corrected chi connectivity index (χ2v) is 6.31. The Labute approximate surface area is 151 Å². The van der Waals surface area contributed by atoms with Crippen molar-refractivity contribution in [3.8, 4) is 5.75 Å². The third-order valence-electron chi connectivity index (χ3n) is 3.67. The quantitative estimate of drug-likeness (QED) is 0.640. The summed E-state index contributed by atoms with van der Waals surface area (Å²) in [5, 5.41) is 4.23. The molecule has 0 saturated heterocycles. The molecule has 3 aromatic rings. The first kappa shape index (κ1) is 17.1. The third-order valence-corrected chi connectivity index (χ3v) is 3.89. The van der Waals surface area contributed by atoms with Gasteiger partial charge in [-0.25, -0.2) is 0 Å². The molecule has 0 radical (unpaired) electrons. The molecule has 0 saturated carbocycles. The summed E-state index contributed by atoms with van der Waals surface area (Å²) in [6.07, 6.45) is 3.05. The number of nitrogens with one attached hydrogen (secondary N) is 1. The van der Waals surface area contributed by atoms with Crippen molar-refractivity contribution in [3.63, 3.8) is 0 Å². The fourth-order valence-electron chi connectivity index (χ4n) is 2.73. The molecule has 3 rings (SSSR count). The first-order chi connectivity index (χ1) is 11.9. The second-order valence-electron chi connectivity index (χ2n) is 5.87. The zero-order chi connectivity index (χ0) is 18.0. The molecular weight excluding hydrogens is 338 g/mol. The molecule has 128 valence electrons. The number of ether oxygens (including phenoxy) is 1. The van der Waals surface area contributed by atoms with E-state index in [1.807, 2.05) is 32.0 Å². The van der Waals surface area contributed by atoms with Crippen LogP contribution in [0, 0.1) is 13.8 Å². The summed E-state index contributed by atoms with van der Waals surface area (Å²) >= 11 is 6.05. The van der Waals surface area contributed by atoms with Crippen LogP contribution in [0.4, 0.5) is 5.69 Å². The van der Waals surface area contributed by atoms with Crippen molar-refractivity contribution in [3.05, 3.63) is 64.4 Å². The third kappa shape index (κ3) is 4.03. The van der Waals surface area contributed by atoms with Crippen molar-refractivity contribution < 1.29 is 13.9 Å². The first-order valence-electron chi connectivity index (χ1n) is 7.79. The zero-order valence-corrected chi connectivity index (χ0v) is 15.0. The Balaban J connectivity index is 1.79. The van der Waals surface area contributed by atoms with Gasteiger partial charge in [0.15, 0.2) is 11.3 Å². The van der Waals surface area contributed by atoms with Gasteiger partial charge in [-0.15, -0.1) is 0 Å². The van der Waals surface area contributed by atoms with Gasteiger partial charge in [0.1, 0.15) is 5.76 Å². The zero-order valence-electron chi connectivity index (χ0n) is 14.2. The van der Waals surface area contributed by atoms with Crippen LogP contribution < -0.4 is 10.1 Å². The minimum atomic E-state index is -0.226. The van der Waals surface area contributed by atoms with Crippen LogP contribution in [-0.4, -0.2) is 13.0 Å². The summed E-state index contributed by atoms with van der Waals surface area (Å²) in [7, 11) is 1.56. The van der Waals surface area contributed by atoms with Gasteiger partial charge in [0.2, 0.25) is 5.91 Å². The van der Waals surface area contributed by atoms with Crippen LogP contribution in [0.15, 0.2) is 46.9 Å². The predicted molar refractivity (Wildman–Crippen MR) is 101 cm³/mol. The van der Waals surface area contributed by atoms with Crippen molar-refractivity contribution in [2.45, 2.75) is 13.8 Å². The van der Waals surface area contributed by atoms with E-state index in [0.29, 0.717) is 22.1 Å². The molecule has 1 heterocycles. The van der Waals surface area contributed by atoms with Gasteiger partial charge in [-0.3, -0.25) is 4.79 Å². The normalized spacial score (nSPS) is 11.2. The van der Waals surface area contributed by atoms with E-state index in [2.05, 4.69) is 11.4 Å². The average molecular weight is 356 g/mol. The van der Waals surface area contributed by atoms with Crippen molar-refractivity contribution in [1.29, 1.82) is 0 Å². The molecule has 0 bridgehead atoms. The van der Waals surface area contributed by atoms with E-state index in [1.54, 1.807) is 25.3 Å². The van der Waals surface area contributed by atoms with Gasteiger partial charge >= 0.3 is 0 Å². The molecular formula is C20H18ClNO3. The summed E-state index contributed by atoms with van der Waals surface area (Å²) < 4.78 is 11.0. The number of amides is 1. The molecule has 0 fully saturated rings. The maximum Gasteiger partial charge on any atom is 0.248 e. The van der Waals surface area contributed by atoms with E-state index < -0.39 is 0 Å². The summed E-state index contributed by atoms with van der Waals surface area (Å²) in [5.74, 6) is 0.878. The van der Waals surface area contributed by atoms with E-state index in [0.717, 1.165) is 22.2 Å². The average Bonchev–Trinajstić information content (AvgIpc) is 2.93. The summed E-state index contributed by atoms with van der Waals surface area (Å²) in [4.78, 5) is 12.1. The Morgan fingerprint density at radius 2 is 1.84 bits per heavy atom. The number of carbonyl (C=O) groups excluding carboxylic acids is 1. The lowest BCUT2D eigenvalue weighted by molar-refractivity contribution is -0.111. The number of benzene rings is 2. The number of carbonyl (C=O) groups is 1. The Hall–Kier alpha value is -2.72. The number of methoxy groups -OCH3 is 1. The van der Waals surface area contributed by atoms with Crippen LogP contribution >= 0.6 is 11.6 Å². The van der Waals surface area contributed by atoms with Gasteiger partial charge in [0.25, 0.3) is 0 Å². The molecule has 1 amide bonds. The van der Waals surface area contributed by atoms with Crippen LogP contribution in [0.1, 0.15) is 16.9 Å². The number of aryl methyl sites for hydroxylation is 2. The number of anilines is 1. The fraction of sp³-hybridized carbons (Fsp3) is 0.150. The lowest BCUT2D eigenvalue weighted by Crippen LogP contribution is -2.07. The summed E-state index contributed by atoms with van der Waals surface area (Å²) in [6.45, 7) is 3.98. The highest BCUT2D eigenvalue weighted by molar-refractivity contribution is 6.31. The van der Waals surface area contributed by atoms with Crippen molar-refractivity contribution in [2.24, 2.45) is 0 Å². The van der Waals surface area contributed by atoms with Gasteiger partial charge in [-0.05, 0) is 55.3 Å². The van der Waals surface area contributed by atoms with Gasteiger partial charge in [-0.2, -0.15) is 0 Å². The maximum atomic E-state index is 12.1. The number of hydrogen-bond donors (Lipinski definition) is 1. The first-order valence-corrected chi connectivity index (χ1v) is 8.17. The maximum absolute atomic E-state index is 12.1. The molecule has 1 N–H and O–H groups in total. The largest absolute Gasteiger partial charge is 0.493 e. The highest BCUT2D eigenvalue weighted by Crippen LogP contribution is 2.32. The lowest BCUT2D eigenvalue weighted by atomic mass is 10.1. The van der Waals surface area contributed by atoms with Crippen LogP contribution in [0.25, 0.3) is 17.0 Å². The standard InChI is InChI=1S/C20H18ClNO3/c1-12-6-13(2)8-16(7-12)22-19(23)5-4-17-10-14-9-15(21)11-18(24-3)20(14)25-17/h4-11H,1-3H3,(H,22,23)/b5-4+. The Kier molecular flexibility index (Phi) is 4.81. The number of fused-ring (bicyclic) bond motifs is 1. The van der Waals surface area contributed by atoms with E-state index in [9.17, 15) is 4.79 Å². The highest BCUT2D eigenvalue weighted by atomic mass is 35.5. The Bertz CT molecular complexity index is 952. The molecule has 0 atom stereocenters. The summed E-state index contributed by atoms with van der Waals surface area (Å²) in [6, 6.07) is 11.2. The van der Waals surface area contributed by atoms with Gasteiger partial charge in [0.05, 0.1) is 7.11 Å². The molecule has 4 nitrogen and oxygen atoms in total. The van der Waals surface area contributed by atoms with Gasteiger partial charge in [0, 0.05) is 28.2 Å². The van der Waals surface area contributed by atoms with Crippen LogP contribution in [-0.2, 0) is 4.79 Å². The molecule has 0 aliphatic heterocycles. The van der Waals surface area contributed by atoms with E-state index >= 15 is 0 Å². The molecule has 0 aliphatic carbocycles. The Morgan fingerprint density at radius 3 is 2.52 bits per heavy atom. The number of furan rings is 1. The molecule has 25 heavy (non-hydrogen) atoms. The predicted octanol–water partition coefficient (Wildman–Crippen LogP) is 5.36. The molecule has 0 spiro atoms. The van der Waals surface area contributed by atoms with E-state index in [4.69, 9.17) is 20.8 Å². The smallest absolute Gasteiger partial charge is 0.248 e. The van der Waals surface area contributed by atoms with Crippen LogP contribution in [0.3, 0.4) is 0 Å². The fourth-order valence-corrected chi connectivity index (χ4v) is 2.94. The van der Waals surface area contributed by atoms with Crippen molar-refractivity contribution in [2.75, 3.05) is 12.4 Å². The van der Waals surface area contributed by atoms with E-state index in [1.165, 1.54) is 6.08 Å². The van der Waals surface area contributed by atoms with E-state index in [-0.39, 0.29) is 5.91 Å². The number of rotatable bonds is 4.